The number of nitrogens with one attached hydrogen (secondary N) is 1. The van der Waals surface area contributed by atoms with Gasteiger partial charge in [-0.3, -0.25) is 9.59 Å². The lowest BCUT2D eigenvalue weighted by atomic mass is 9.87. The zero-order chi connectivity index (χ0) is 21.7. The number of hydrogen-bond donors (Lipinski definition) is 1. The molecular formula is C24H30N2O4. The molecule has 0 saturated carbocycles. The summed E-state index contributed by atoms with van der Waals surface area (Å²) in [5.74, 6) is 0.209. The lowest BCUT2D eigenvalue weighted by Gasteiger charge is -2.27. The Morgan fingerprint density at radius 3 is 2.30 bits per heavy atom. The molecule has 1 fully saturated rings. The number of rotatable bonds is 5. The Morgan fingerprint density at radius 2 is 1.67 bits per heavy atom. The van der Waals surface area contributed by atoms with Crippen LogP contribution in [0.15, 0.2) is 48.5 Å². The normalized spacial score (nSPS) is 15.4. The van der Waals surface area contributed by atoms with Gasteiger partial charge >= 0.3 is 0 Å². The molecule has 6 nitrogen and oxygen atoms in total. The van der Waals surface area contributed by atoms with E-state index in [0.717, 1.165) is 0 Å². The fraction of sp³-hybridized carbons (Fsp3) is 0.417. The maximum Gasteiger partial charge on any atom is 0.265 e. The van der Waals surface area contributed by atoms with Crippen molar-refractivity contribution in [1.29, 1.82) is 0 Å². The van der Waals surface area contributed by atoms with Crippen LogP contribution >= 0.6 is 0 Å². The van der Waals surface area contributed by atoms with E-state index in [1.54, 1.807) is 36.1 Å². The molecule has 1 heterocycles. The van der Waals surface area contributed by atoms with Gasteiger partial charge in [0.25, 0.3) is 11.8 Å². The molecule has 1 saturated heterocycles. The first kappa shape index (κ1) is 21.8. The van der Waals surface area contributed by atoms with Gasteiger partial charge in [-0.1, -0.05) is 45.0 Å². The first-order valence-corrected chi connectivity index (χ1v) is 10.3. The summed E-state index contributed by atoms with van der Waals surface area (Å²) < 4.78 is 11.1. The summed E-state index contributed by atoms with van der Waals surface area (Å²) >= 11 is 0. The highest BCUT2D eigenvalue weighted by Crippen LogP contribution is 2.25. The van der Waals surface area contributed by atoms with Gasteiger partial charge < -0.3 is 19.7 Å². The number of ether oxygens (including phenoxy) is 2. The molecule has 0 aliphatic carbocycles. The molecule has 0 bridgehead atoms. The maximum atomic E-state index is 12.9. The van der Waals surface area contributed by atoms with Gasteiger partial charge in [0.05, 0.1) is 24.5 Å². The van der Waals surface area contributed by atoms with Crippen LogP contribution in [0.5, 0.6) is 5.75 Å². The van der Waals surface area contributed by atoms with Crippen LogP contribution in [0.1, 0.15) is 43.6 Å². The molecule has 1 aliphatic rings. The standard InChI is InChI=1S/C24H30N2O4/c1-17(30-19-11-9-18(10-12-19)24(2,3)4)22(27)25-21-8-6-5-7-20(21)23(28)26-13-15-29-16-14-26/h5-12,17H,13-16H2,1-4H3,(H,25,27). The van der Waals surface area contributed by atoms with Gasteiger partial charge in [-0.05, 0) is 42.2 Å². The lowest BCUT2D eigenvalue weighted by Crippen LogP contribution is -2.41. The van der Waals surface area contributed by atoms with Crippen LogP contribution in [0, 0.1) is 0 Å². The van der Waals surface area contributed by atoms with Crippen LogP contribution in [0.3, 0.4) is 0 Å². The van der Waals surface area contributed by atoms with Crippen molar-refractivity contribution in [3.63, 3.8) is 0 Å². The highest BCUT2D eigenvalue weighted by atomic mass is 16.5. The Hall–Kier alpha value is -2.86. The summed E-state index contributed by atoms with van der Waals surface area (Å²) in [7, 11) is 0. The molecule has 1 N–H and O–H groups in total. The van der Waals surface area contributed by atoms with E-state index in [1.165, 1.54) is 5.56 Å². The molecule has 2 aromatic carbocycles. The van der Waals surface area contributed by atoms with Gasteiger partial charge in [0.15, 0.2) is 6.10 Å². The largest absolute Gasteiger partial charge is 0.481 e. The molecule has 1 aliphatic heterocycles. The molecule has 0 aromatic heterocycles. The summed E-state index contributed by atoms with van der Waals surface area (Å²) in [6, 6.07) is 14.8. The van der Waals surface area contributed by atoms with Gasteiger partial charge in [-0.15, -0.1) is 0 Å². The minimum Gasteiger partial charge on any atom is -0.481 e. The second kappa shape index (κ2) is 9.30. The summed E-state index contributed by atoms with van der Waals surface area (Å²) in [4.78, 5) is 27.3. The Labute approximate surface area is 178 Å². The van der Waals surface area contributed by atoms with E-state index in [0.29, 0.717) is 43.3 Å². The SMILES string of the molecule is CC(Oc1ccc(C(C)(C)C)cc1)C(=O)Nc1ccccc1C(=O)N1CCOCC1. The van der Waals surface area contributed by atoms with Crippen molar-refractivity contribution in [2.75, 3.05) is 31.6 Å². The number of carbonyl (C=O) groups excluding carboxylic acids is 2. The number of para-hydroxylation sites is 1. The van der Waals surface area contributed by atoms with E-state index in [-0.39, 0.29) is 17.2 Å². The zero-order valence-electron chi connectivity index (χ0n) is 18.1. The van der Waals surface area contributed by atoms with Crippen molar-refractivity contribution in [3.05, 3.63) is 59.7 Å². The molecule has 2 amide bonds. The summed E-state index contributed by atoms with van der Waals surface area (Å²) in [6.45, 7) is 10.3. The Morgan fingerprint density at radius 1 is 1.03 bits per heavy atom. The van der Waals surface area contributed by atoms with Gasteiger partial charge in [-0.2, -0.15) is 0 Å². The van der Waals surface area contributed by atoms with Crippen molar-refractivity contribution in [2.24, 2.45) is 0 Å². The molecule has 160 valence electrons. The highest BCUT2D eigenvalue weighted by Gasteiger charge is 2.23. The first-order valence-electron chi connectivity index (χ1n) is 10.3. The van der Waals surface area contributed by atoms with Crippen molar-refractivity contribution >= 4 is 17.5 Å². The van der Waals surface area contributed by atoms with Gasteiger partial charge in [0.2, 0.25) is 0 Å². The number of benzene rings is 2. The van der Waals surface area contributed by atoms with E-state index in [9.17, 15) is 9.59 Å². The van der Waals surface area contributed by atoms with Crippen LogP contribution in [0.25, 0.3) is 0 Å². The number of morpholine rings is 1. The zero-order valence-corrected chi connectivity index (χ0v) is 18.1. The molecule has 0 radical (unpaired) electrons. The molecule has 30 heavy (non-hydrogen) atoms. The monoisotopic (exact) mass is 410 g/mol. The van der Waals surface area contributed by atoms with Gasteiger partial charge in [0.1, 0.15) is 5.75 Å². The van der Waals surface area contributed by atoms with Crippen LogP contribution in [0.4, 0.5) is 5.69 Å². The second-order valence-electron chi connectivity index (χ2n) is 8.47. The van der Waals surface area contributed by atoms with Gasteiger partial charge in [0, 0.05) is 13.1 Å². The molecule has 0 spiro atoms. The van der Waals surface area contributed by atoms with E-state index in [4.69, 9.17) is 9.47 Å². The van der Waals surface area contributed by atoms with Crippen molar-refractivity contribution < 1.29 is 19.1 Å². The third kappa shape index (κ3) is 5.39. The number of carbonyl (C=O) groups is 2. The van der Waals surface area contributed by atoms with E-state index < -0.39 is 6.10 Å². The number of amides is 2. The molecule has 1 unspecified atom stereocenters. The average Bonchev–Trinajstić information content (AvgIpc) is 2.74. The van der Waals surface area contributed by atoms with Crippen molar-refractivity contribution in [2.45, 2.75) is 39.2 Å². The first-order chi connectivity index (χ1) is 14.3. The Balaban J connectivity index is 1.66. The maximum absolute atomic E-state index is 12.9. The fourth-order valence-electron chi connectivity index (χ4n) is 3.24. The number of nitrogens with zero attached hydrogens (tertiary/aromatic N) is 1. The molecule has 2 aromatic rings. The quantitative estimate of drug-likeness (QED) is 0.813. The van der Waals surface area contributed by atoms with Gasteiger partial charge in [-0.25, -0.2) is 0 Å². The third-order valence-corrected chi connectivity index (χ3v) is 5.12. The van der Waals surface area contributed by atoms with Crippen LogP contribution in [-0.4, -0.2) is 49.1 Å². The third-order valence-electron chi connectivity index (χ3n) is 5.12. The number of anilines is 1. The summed E-state index contributed by atoms with van der Waals surface area (Å²) in [6.07, 6.45) is -0.711. The predicted molar refractivity (Wildman–Crippen MR) is 117 cm³/mol. The summed E-state index contributed by atoms with van der Waals surface area (Å²) in [5, 5.41) is 2.84. The van der Waals surface area contributed by atoms with Crippen LogP contribution in [0.2, 0.25) is 0 Å². The Bertz CT molecular complexity index is 881. The molecule has 3 rings (SSSR count). The molecular weight excluding hydrogens is 380 g/mol. The minimum atomic E-state index is -0.711. The van der Waals surface area contributed by atoms with Crippen LogP contribution < -0.4 is 10.1 Å². The highest BCUT2D eigenvalue weighted by molar-refractivity contribution is 6.04. The van der Waals surface area contributed by atoms with E-state index in [2.05, 4.69) is 26.1 Å². The summed E-state index contributed by atoms with van der Waals surface area (Å²) in [5.41, 5.74) is 2.20. The second-order valence-corrected chi connectivity index (χ2v) is 8.47. The Kier molecular flexibility index (Phi) is 6.77. The average molecular weight is 411 g/mol. The molecule has 1 atom stereocenters. The minimum absolute atomic E-state index is 0.0538. The van der Waals surface area contributed by atoms with Crippen LogP contribution in [-0.2, 0) is 14.9 Å². The van der Waals surface area contributed by atoms with E-state index >= 15 is 0 Å². The topological polar surface area (TPSA) is 67.9 Å². The molecule has 6 heteroatoms. The van der Waals surface area contributed by atoms with E-state index in [1.807, 2.05) is 24.3 Å². The van der Waals surface area contributed by atoms with Crippen molar-refractivity contribution in [3.8, 4) is 5.75 Å². The predicted octanol–water partition coefficient (Wildman–Crippen LogP) is 3.86. The number of hydrogen-bond acceptors (Lipinski definition) is 4. The fourth-order valence-corrected chi connectivity index (χ4v) is 3.24. The lowest BCUT2D eigenvalue weighted by molar-refractivity contribution is -0.122. The van der Waals surface area contributed by atoms with Crippen molar-refractivity contribution in [1.82, 2.24) is 4.90 Å². The smallest absolute Gasteiger partial charge is 0.265 e.